The average molecular weight is 423 g/mol. The lowest BCUT2D eigenvalue weighted by atomic mass is 10.1. The Morgan fingerprint density at radius 1 is 0.567 bits per heavy atom. The highest BCUT2D eigenvalue weighted by Crippen LogP contribution is 2.19. The van der Waals surface area contributed by atoms with Crippen molar-refractivity contribution in [3.05, 3.63) is 127 Å². The maximum Gasteiger partial charge on any atom is 0.103 e. The van der Waals surface area contributed by atoms with Gasteiger partial charge in [-0.1, -0.05) is 143 Å². The highest BCUT2D eigenvalue weighted by Gasteiger charge is 2.27. The second-order valence-corrected chi connectivity index (χ2v) is 14.6. The van der Waals surface area contributed by atoms with Gasteiger partial charge in [-0.05, 0) is 23.6 Å². The molecule has 150 valence electrons. The molecule has 0 aliphatic rings. The average Bonchev–Trinajstić information content (AvgIpc) is 2.82. The topological polar surface area (TPSA) is 0 Å². The van der Waals surface area contributed by atoms with Gasteiger partial charge >= 0.3 is 0 Å². The van der Waals surface area contributed by atoms with Gasteiger partial charge in [0.25, 0.3) is 0 Å². The van der Waals surface area contributed by atoms with Crippen LogP contribution in [0.25, 0.3) is 0 Å². The molecule has 0 fully saturated rings. The Kier molecular flexibility index (Phi) is 7.48. The summed E-state index contributed by atoms with van der Waals surface area (Å²) in [5.74, 6) is 0. The molecule has 0 saturated heterocycles. The summed E-state index contributed by atoms with van der Waals surface area (Å²) in [6, 6.07) is 45.0. The predicted octanol–water partition coefficient (Wildman–Crippen LogP) is 3.87. The van der Waals surface area contributed by atoms with Crippen molar-refractivity contribution in [3.63, 3.8) is 0 Å². The van der Waals surface area contributed by atoms with Crippen LogP contribution in [0, 0.1) is 0 Å². The van der Waals surface area contributed by atoms with Crippen LogP contribution in [0.15, 0.2) is 121 Å². The van der Waals surface area contributed by atoms with Crippen LogP contribution in [0.5, 0.6) is 0 Å². The van der Waals surface area contributed by atoms with Crippen molar-refractivity contribution in [2.45, 2.75) is 24.4 Å². The molecule has 0 bridgehead atoms. The Morgan fingerprint density at radius 2 is 1.03 bits per heavy atom. The van der Waals surface area contributed by atoms with Crippen LogP contribution >= 0.6 is 0 Å². The molecule has 4 rings (SSSR count). The van der Waals surface area contributed by atoms with Crippen molar-refractivity contribution in [1.29, 1.82) is 0 Å². The summed E-state index contributed by atoms with van der Waals surface area (Å²) < 4.78 is 0. The van der Waals surface area contributed by atoms with Crippen LogP contribution in [0.4, 0.5) is 0 Å². The quantitative estimate of drug-likeness (QED) is 0.359. The second-order valence-electron chi connectivity index (χ2n) is 8.13. The van der Waals surface area contributed by atoms with Gasteiger partial charge in [0, 0.05) is 0 Å². The molecular weight excluding hydrogens is 392 g/mol. The molecule has 0 N–H and O–H groups in total. The van der Waals surface area contributed by atoms with E-state index in [-0.39, 0.29) is 9.52 Å². The van der Waals surface area contributed by atoms with E-state index in [9.17, 15) is 0 Å². The summed E-state index contributed by atoms with van der Waals surface area (Å²) in [6.07, 6.45) is 3.79. The van der Waals surface area contributed by atoms with Gasteiger partial charge < -0.3 is 0 Å². The van der Waals surface area contributed by atoms with Crippen molar-refractivity contribution >= 4 is 33.9 Å². The summed E-state index contributed by atoms with van der Waals surface area (Å²) in [7, 11) is -1.67. The van der Waals surface area contributed by atoms with Crippen molar-refractivity contribution in [2.24, 2.45) is 0 Å². The Bertz CT molecular complexity index is 946. The third-order valence-corrected chi connectivity index (χ3v) is 13.5. The lowest BCUT2D eigenvalue weighted by Crippen LogP contribution is -2.49. The van der Waals surface area contributed by atoms with Gasteiger partial charge in [-0.3, -0.25) is 0 Å². The first kappa shape index (κ1) is 20.6. The van der Waals surface area contributed by atoms with E-state index >= 15 is 0 Å². The molecule has 0 amide bonds. The lowest BCUT2D eigenvalue weighted by molar-refractivity contribution is 0.766. The first-order valence-corrected chi connectivity index (χ1v) is 14.4. The fourth-order valence-corrected chi connectivity index (χ4v) is 12.9. The van der Waals surface area contributed by atoms with Crippen molar-refractivity contribution < 1.29 is 0 Å². The highest BCUT2D eigenvalue weighted by atomic mass is 28.3. The molecule has 2 heteroatoms. The van der Waals surface area contributed by atoms with E-state index in [0.717, 1.165) is 5.16 Å². The number of rotatable bonds is 9. The molecule has 4 aromatic carbocycles. The van der Waals surface area contributed by atoms with Crippen LogP contribution in [0.2, 0.25) is 5.16 Å². The van der Waals surface area contributed by atoms with Crippen LogP contribution < -0.4 is 15.6 Å². The number of aryl methyl sites for hydroxylation is 1. The number of hydrogen-bond donors (Lipinski definition) is 0. The molecule has 4 aromatic rings. The summed E-state index contributed by atoms with van der Waals surface area (Å²) in [4.78, 5) is 0. The first-order chi connectivity index (χ1) is 14.9. The molecule has 1 atom stereocenters. The normalized spacial score (nSPS) is 12.4. The van der Waals surface area contributed by atoms with E-state index in [1.165, 1.54) is 24.8 Å². The van der Waals surface area contributed by atoms with Gasteiger partial charge in [0.15, 0.2) is 0 Å². The van der Waals surface area contributed by atoms with Crippen LogP contribution in [0.1, 0.15) is 18.4 Å². The van der Waals surface area contributed by atoms with Gasteiger partial charge in [0.05, 0.1) is 9.52 Å². The first-order valence-electron chi connectivity index (χ1n) is 11.1. The van der Waals surface area contributed by atoms with E-state index in [1.54, 1.807) is 15.6 Å². The summed E-state index contributed by atoms with van der Waals surface area (Å²) in [6.45, 7) is 0. The standard InChI is InChI=1S/C28H30Si2/c1-5-14-24(15-6-1)16-13-23-28(29-25-17-7-2-8-18-25)30(26-19-9-3-10-20-26)27-21-11-4-12-22-27/h1-12,14-15,17-22,28,30H,13,16,23,29H2/t28-/m1/s1. The Hall–Kier alpha value is -2.69. The van der Waals surface area contributed by atoms with Gasteiger partial charge in [0.2, 0.25) is 0 Å². The zero-order valence-electron chi connectivity index (χ0n) is 17.5. The molecule has 0 saturated carbocycles. The van der Waals surface area contributed by atoms with Crippen molar-refractivity contribution in [1.82, 2.24) is 0 Å². The molecule has 0 unspecified atom stereocenters. The SMILES string of the molecule is c1ccc(CCC[C@H]([SiH2]c2ccccc2)[SiH](c2ccccc2)c2ccccc2)cc1. The highest BCUT2D eigenvalue weighted by molar-refractivity contribution is 6.93. The molecule has 0 heterocycles. The molecule has 0 radical (unpaired) electrons. The van der Waals surface area contributed by atoms with Gasteiger partial charge in [-0.15, -0.1) is 0 Å². The van der Waals surface area contributed by atoms with Gasteiger partial charge in [-0.2, -0.15) is 0 Å². The molecule has 0 nitrogen and oxygen atoms in total. The van der Waals surface area contributed by atoms with Crippen LogP contribution in [-0.2, 0) is 6.42 Å². The summed E-state index contributed by atoms with van der Waals surface area (Å²) in [5.41, 5.74) is 1.47. The lowest BCUT2D eigenvalue weighted by Gasteiger charge is -2.27. The molecular formula is C28H30Si2. The molecule has 0 aliphatic carbocycles. The van der Waals surface area contributed by atoms with Crippen molar-refractivity contribution in [3.8, 4) is 0 Å². The van der Waals surface area contributed by atoms with Crippen LogP contribution in [-0.4, -0.2) is 18.3 Å². The fourth-order valence-electron chi connectivity index (χ4n) is 4.57. The third kappa shape index (κ3) is 5.68. The molecule has 0 aromatic heterocycles. The van der Waals surface area contributed by atoms with E-state index in [1.807, 2.05) is 0 Å². The van der Waals surface area contributed by atoms with E-state index < -0.39 is 8.80 Å². The maximum absolute atomic E-state index is 2.38. The Balaban J connectivity index is 1.62. The predicted molar refractivity (Wildman–Crippen MR) is 137 cm³/mol. The maximum atomic E-state index is 2.38. The largest absolute Gasteiger partial charge is 0.103 e. The monoisotopic (exact) mass is 422 g/mol. The van der Waals surface area contributed by atoms with Gasteiger partial charge in [-0.25, -0.2) is 0 Å². The minimum Gasteiger partial charge on any atom is -0.0669 e. The molecule has 0 aliphatic heterocycles. The van der Waals surface area contributed by atoms with Gasteiger partial charge in [0.1, 0.15) is 8.80 Å². The molecule has 30 heavy (non-hydrogen) atoms. The zero-order valence-corrected chi connectivity index (χ0v) is 20.1. The van der Waals surface area contributed by atoms with Crippen LogP contribution in [0.3, 0.4) is 0 Å². The third-order valence-electron chi connectivity index (χ3n) is 6.01. The minimum absolute atomic E-state index is 0.371. The fraction of sp³-hybridized carbons (Fsp3) is 0.143. The molecule has 0 spiro atoms. The smallest absolute Gasteiger partial charge is 0.0669 e. The second kappa shape index (κ2) is 10.9. The van der Waals surface area contributed by atoms with Crippen molar-refractivity contribution in [2.75, 3.05) is 0 Å². The minimum atomic E-state index is -1.30. The Labute approximate surface area is 185 Å². The van der Waals surface area contributed by atoms with E-state index in [0.29, 0.717) is 0 Å². The Morgan fingerprint density at radius 3 is 1.57 bits per heavy atom. The zero-order chi connectivity index (χ0) is 20.4. The van der Waals surface area contributed by atoms with E-state index in [2.05, 4.69) is 121 Å². The van der Waals surface area contributed by atoms with E-state index in [4.69, 9.17) is 0 Å². The summed E-state index contributed by atoms with van der Waals surface area (Å²) in [5, 5.41) is 5.63. The number of benzene rings is 4. The summed E-state index contributed by atoms with van der Waals surface area (Å²) >= 11 is 0. The number of hydrogen-bond acceptors (Lipinski definition) is 0.